The van der Waals surface area contributed by atoms with Gasteiger partial charge in [-0.15, -0.1) is 0 Å². The first-order valence-corrected chi connectivity index (χ1v) is 8.37. The summed E-state index contributed by atoms with van der Waals surface area (Å²) in [7, 11) is 0. The van der Waals surface area contributed by atoms with Crippen LogP contribution in [0, 0.1) is 13.8 Å². The van der Waals surface area contributed by atoms with Crippen LogP contribution in [0.2, 0.25) is 0 Å². The molecule has 0 bridgehead atoms. The molecule has 1 aliphatic rings. The van der Waals surface area contributed by atoms with Crippen LogP contribution in [0.4, 0.5) is 0 Å². The highest BCUT2D eigenvalue weighted by atomic mass is 16.5. The van der Waals surface area contributed by atoms with E-state index >= 15 is 0 Å². The number of carbonyl (C=O) groups is 1. The number of ether oxygens (including phenoxy) is 1. The Bertz CT molecular complexity index is 505. The average Bonchev–Trinajstić information content (AvgIpc) is 2.52. The molecule has 128 valence electrons. The minimum atomic E-state index is -0.524. The summed E-state index contributed by atoms with van der Waals surface area (Å²) >= 11 is 0. The maximum Gasteiger partial charge on any atom is 0.222 e. The van der Waals surface area contributed by atoms with E-state index in [0.717, 1.165) is 43.1 Å². The van der Waals surface area contributed by atoms with Crippen LogP contribution >= 0.6 is 0 Å². The summed E-state index contributed by atoms with van der Waals surface area (Å²) in [5, 5.41) is 10.2. The zero-order valence-electron chi connectivity index (χ0n) is 14.4. The summed E-state index contributed by atoms with van der Waals surface area (Å²) in [5.74, 6) is 1.02. The van der Waals surface area contributed by atoms with Gasteiger partial charge in [0.2, 0.25) is 5.91 Å². The molecule has 0 saturated carbocycles. The zero-order valence-corrected chi connectivity index (χ0v) is 14.4. The lowest BCUT2D eigenvalue weighted by Gasteiger charge is -2.35. The molecule has 5 heteroatoms. The van der Waals surface area contributed by atoms with E-state index in [1.54, 1.807) is 0 Å². The molecular formula is C18H28N2O3. The summed E-state index contributed by atoms with van der Waals surface area (Å²) in [6.45, 7) is 9.95. The summed E-state index contributed by atoms with van der Waals surface area (Å²) in [6, 6.07) is 6.06. The van der Waals surface area contributed by atoms with Crippen molar-refractivity contribution in [3.8, 4) is 5.75 Å². The second-order valence-corrected chi connectivity index (χ2v) is 6.32. The van der Waals surface area contributed by atoms with Crippen molar-refractivity contribution >= 4 is 5.91 Å². The van der Waals surface area contributed by atoms with Crippen LogP contribution in [-0.2, 0) is 4.79 Å². The van der Waals surface area contributed by atoms with Gasteiger partial charge in [0, 0.05) is 39.1 Å². The van der Waals surface area contributed by atoms with Crippen LogP contribution in [0.25, 0.3) is 0 Å². The lowest BCUT2D eigenvalue weighted by atomic mass is 10.1. The van der Waals surface area contributed by atoms with Gasteiger partial charge in [-0.3, -0.25) is 9.69 Å². The van der Waals surface area contributed by atoms with Gasteiger partial charge >= 0.3 is 0 Å². The quantitative estimate of drug-likeness (QED) is 0.865. The molecule has 1 amide bonds. The third-order valence-electron chi connectivity index (χ3n) is 4.13. The number of hydrogen-bond donors (Lipinski definition) is 1. The van der Waals surface area contributed by atoms with E-state index in [1.165, 1.54) is 0 Å². The van der Waals surface area contributed by atoms with Gasteiger partial charge in [-0.1, -0.05) is 13.0 Å². The molecule has 1 atom stereocenters. The maximum absolute atomic E-state index is 11.6. The SMILES string of the molecule is CCC(=O)N1CCN(CC(O)COc2cc(C)cc(C)c2)CC1. The van der Waals surface area contributed by atoms with E-state index in [-0.39, 0.29) is 12.5 Å². The first kappa shape index (κ1) is 17.8. The highest BCUT2D eigenvalue weighted by molar-refractivity contribution is 5.75. The van der Waals surface area contributed by atoms with E-state index < -0.39 is 6.10 Å². The largest absolute Gasteiger partial charge is 0.491 e. The fourth-order valence-corrected chi connectivity index (χ4v) is 2.96. The number of benzene rings is 1. The number of hydrogen-bond acceptors (Lipinski definition) is 4. The second-order valence-electron chi connectivity index (χ2n) is 6.32. The van der Waals surface area contributed by atoms with E-state index in [0.29, 0.717) is 13.0 Å². The number of amides is 1. The lowest BCUT2D eigenvalue weighted by molar-refractivity contribution is -0.132. The van der Waals surface area contributed by atoms with Gasteiger partial charge in [-0.25, -0.2) is 0 Å². The van der Waals surface area contributed by atoms with E-state index in [2.05, 4.69) is 11.0 Å². The number of aliphatic hydroxyl groups excluding tert-OH is 1. The number of rotatable bonds is 6. The Morgan fingerprint density at radius 1 is 1.17 bits per heavy atom. The monoisotopic (exact) mass is 320 g/mol. The molecule has 0 aromatic heterocycles. The van der Waals surface area contributed by atoms with Gasteiger partial charge in [0.05, 0.1) is 0 Å². The Labute approximate surface area is 138 Å². The topological polar surface area (TPSA) is 53.0 Å². The molecule has 1 aromatic carbocycles. The molecule has 1 heterocycles. The normalized spacial score (nSPS) is 17.1. The molecular weight excluding hydrogens is 292 g/mol. The summed E-state index contributed by atoms with van der Waals surface area (Å²) < 4.78 is 5.71. The first-order valence-electron chi connectivity index (χ1n) is 8.37. The van der Waals surface area contributed by atoms with Crippen LogP contribution < -0.4 is 4.74 Å². The Balaban J connectivity index is 1.73. The number of aliphatic hydroxyl groups is 1. The summed E-state index contributed by atoms with van der Waals surface area (Å²) in [4.78, 5) is 15.7. The molecule has 0 radical (unpaired) electrons. The van der Waals surface area contributed by atoms with Crippen molar-refractivity contribution in [3.05, 3.63) is 29.3 Å². The smallest absolute Gasteiger partial charge is 0.222 e. The Morgan fingerprint density at radius 3 is 2.35 bits per heavy atom. The second kappa shape index (κ2) is 8.31. The number of carbonyl (C=O) groups excluding carboxylic acids is 1. The fourth-order valence-electron chi connectivity index (χ4n) is 2.96. The third kappa shape index (κ3) is 5.52. The van der Waals surface area contributed by atoms with Crippen LogP contribution in [0.15, 0.2) is 18.2 Å². The Kier molecular flexibility index (Phi) is 6.42. The number of aryl methyl sites for hydroxylation is 2. The molecule has 1 aromatic rings. The maximum atomic E-state index is 11.6. The summed E-state index contributed by atoms with van der Waals surface area (Å²) in [6.07, 6.45) is 0.0380. The van der Waals surface area contributed by atoms with Crippen LogP contribution in [0.3, 0.4) is 0 Å². The minimum absolute atomic E-state index is 0.211. The third-order valence-corrected chi connectivity index (χ3v) is 4.13. The number of nitrogens with zero attached hydrogens (tertiary/aromatic N) is 2. The van der Waals surface area contributed by atoms with Crippen molar-refractivity contribution in [2.45, 2.75) is 33.3 Å². The number of piperazine rings is 1. The van der Waals surface area contributed by atoms with Crippen molar-refractivity contribution in [2.75, 3.05) is 39.3 Å². The first-order chi connectivity index (χ1) is 11.0. The van der Waals surface area contributed by atoms with E-state index in [9.17, 15) is 9.90 Å². The van der Waals surface area contributed by atoms with Crippen molar-refractivity contribution in [3.63, 3.8) is 0 Å². The molecule has 1 unspecified atom stereocenters. The molecule has 0 spiro atoms. The average molecular weight is 320 g/mol. The van der Waals surface area contributed by atoms with Crippen molar-refractivity contribution in [2.24, 2.45) is 0 Å². The minimum Gasteiger partial charge on any atom is -0.491 e. The fraction of sp³-hybridized carbons (Fsp3) is 0.611. The molecule has 1 N–H and O–H groups in total. The van der Waals surface area contributed by atoms with Crippen LogP contribution in [0.5, 0.6) is 5.75 Å². The Morgan fingerprint density at radius 2 is 1.78 bits per heavy atom. The Hall–Kier alpha value is -1.59. The highest BCUT2D eigenvalue weighted by Crippen LogP contribution is 2.16. The van der Waals surface area contributed by atoms with Gasteiger partial charge < -0.3 is 14.7 Å². The molecule has 2 rings (SSSR count). The highest BCUT2D eigenvalue weighted by Gasteiger charge is 2.21. The molecule has 1 saturated heterocycles. The van der Waals surface area contributed by atoms with Crippen LogP contribution in [-0.4, -0.2) is 66.2 Å². The van der Waals surface area contributed by atoms with E-state index in [4.69, 9.17) is 4.74 Å². The van der Waals surface area contributed by atoms with Gasteiger partial charge in [0.15, 0.2) is 0 Å². The van der Waals surface area contributed by atoms with Crippen molar-refractivity contribution in [1.82, 2.24) is 9.80 Å². The van der Waals surface area contributed by atoms with Gasteiger partial charge in [-0.05, 0) is 37.1 Å². The number of β-amino-alcohol motifs (C(OH)–C–C–N with tert-alkyl or cyclic N) is 1. The molecule has 1 fully saturated rings. The zero-order chi connectivity index (χ0) is 16.8. The lowest BCUT2D eigenvalue weighted by Crippen LogP contribution is -2.50. The molecule has 5 nitrogen and oxygen atoms in total. The van der Waals surface area contributed by atoms with Crippen molar-refractivity contribution in [1.29, 1.82) is 0 Å². The summed E-state index contributed by atoms with van der Waals surface area (Å²) in [5.41, 5.74) is 2.32. The predicted octanol–water partition coefficient (Wildman–Crippen LogP) is 1.60. The molecule has 0 aliphatic carbocycles. The molecule has 23 heavy (non-hydrogen) atoms. The van der Waals surface area contributed by atoms with Gasteiger partial charge in [0.1, 0.15) is 18.5 Å². The van der Waals surface area contributed by atoms with Crippen molar-refractivity contribution < 1.29 is 14.6 Å². The predicted molar refractivity (Wildman–Crippen MR) is 90.7 cm³/mol. The van der Waals surface area contributed by atoms with Crippen LogP contribution in [0.1, 0.15) is 24.5 Å². The molecule has 1 aliphatic heterocycles. The standard InChI is InChI=1S/C18H28N2O3/c1-4-18(22)20-7-5-19(6-8-20)12-16(21)13-23-17-10-14(2)9-15(3)11-17/h9-11,16,21H,4-8,12-13H2,1-3H3. The van der Waals surface area contributed by atoms with Gasteiger partial charge in [-0.2, -0.15) is 0 Å². The van der Waals surface area contributed by atoms with Gasteiger partial charge in [0.25, 0.3) is 0 Å². The van der Waals surface area contributed by atoms with E-state index in [1.807, 2.05) is 37.8 Å².